The number of nitrogens with one attached hydrogen (secondary N) is 2. The van der Waals surface area contributed by atoms with E-state index < -0.39 is 12.0 Å². The molecular formula is C31H31Cl2N3O3. The summed E-state index contributed by atoms with van der Waals surface area (Å²) >= 11 is 6.13. The van der Waals surface area contributed by atoms with Crippen LogP contribution in [0.25, 0.3) is 5.57 Å². The van der Waals surface area contributed by atoms with Crippen LogP contribution in [0.3, 0.4) is 0 Å². The zero-order valence-electron chi connectivity index (χ0n) is 21.4. The summed E-state index contributed by atoms with van der Waals surface area (Å²) < 4.78 is 0. The first-order valence-electron chi connectivity index (χ1n) is 12.9. The van der Waals surface area contributed by atoms with Gasteiger partial charge in [-0.3, -0.25) is 9.59 Å². The zero-order chi connectivity index (χ0) is 26.5. The largest absolute Gasteiger partial charge is 0.383 e. The Kier molecular flexibility index (Phi) is 9.46. The monoisotopic (exact) mass is 563 g/mol. The molecule has 3 aromatic carbocycles. The summed E-state index contributed by atoms with van der Waals surface area (Å²) in [6.07, 6.45) is 7.88. The second-order valence-corrected chi connectivity index (χ2v) is 10.0. The van der Waals surface area contributed by atoms with Gasteiger partial charge in [0.15, 0.2) is 0 Å². The highest BCUT2D eigenvalue weighted by atomic mass is 35.5. The molecule has 3 aromatic rings. The van der Waals surface area contributed by atoms with Crippen LogP contribution in [0.5, 0.6) is 0 Å². The van der Waals surface area contributed by atoms with Crippen LogP contribution < -0.4 is 15.5 Å². The number of anilines is 3. The van der Waals surface area contributed by atoms with E-state index in [2.05, 4.69) is 39.8 Å². The smallest absolute Gasteiger partial charge is 0.253 e. The topological polar surface area (TPSA) is 81.7 Å². The van der Waals surface area contributed by atoms with Crippen molar-refractivity contribution >= 4 is 58.5 Å². The highest BCUT2D eigenvalue weighted by Crippen LogP contribution is 2.30. The predicted octanol–water partition coefficient (Wildman–Crippen LogP) is 6.23. The maximum atomic E-state index is 12.8. The molecule has 5 rings (SSSR count). The summed E-state index contributed by atoms with van der Waals surface area (Å²) in [5.74, 6) is -0.748. The molecule has 2 amide bonds. The number of aliphatic hydroxyl groups is 1. The van der Waals surface area contributed by atoms with Gasteiger partial charge in [0, 0.05) is 53.2 Å². The molecule has 2 heterocycles. The third-order valence-electron chi connectivity index (χ3n) is 6.96. The Morgan fingerprint density at radius 1 is 0.974 bits per heavy atom. The van der Waals surface area contributed by atoms with E-state index >= 15 is 0 Å². The average Bonchev–Trinajstić information content (AvgIpc) is 2.93. The Morgan fingerprint density at radius 3 is 2.33 bits per heavy atom. The molecular weight excluding hydrogens is 533 g/mol. The van der Waals surface area contributed by atoms with E-state index in [0.29, 0.717) is 22.0 Å². The number of aliphatic hydroxyl groups excluding tert-OH is 1. The summed E-state index contributed by atoms with van der Waals surface area (Å²) in [5, 5.41) is 16.2. The van der Waals surface area contributed by atoms with Crippen LogP contribution in [0.15, 0.2) is 85.0 Å². The summed E-state index contributed by atoms with van der Waals surface area (Å²) in [4.78, 5) is 27.0. The Morgan fingerprint density at radius 2 is 1.64 bits per heavy atom. The SMILES string of the molecule is Cl.O=C(/C=C/C=C(\c1ccc(Cl)cc1)c1ccc(N2CCCCC2)cc1)Nc1cccc2c1CC(O)C(=O)N2. The van der Waals surface area contributed by atoms with Gasteiger partial charge >= 0.3 is 0 Å². The first kappa shape index (κ1) is 28.4. The highest BCUT2D eigenvalue weighted by molar-refractivity contribution is 6.30. The predicted molar refractivity (Wildman–Crippen MR) is 161 cm³/mol. The molecule has 3 N–H and O–H groups in total. The van der Waals surface area contributed by atoms with Crippen molar-refractivity contribution in [1.82, 2.24) is 0 Å². The lowest BCUT2D eigenvalue weighted by Crippen LogP contribution is -2.34. The average molecular weight is 565 g/mol. The third kappa shape index (κ3) is 6.90. The minimum Gasteiger partial charge on any atom is -0.383 e. The normalized spacial score (nSPS) is 17.3. The van der Waals surface area contributed by atoms with Crippen molar-refractivity contribution in [3.63, 3.8) is 0 Å². The quantitative estimate of drug-likeness (QED) is 0.245. The number of amides is 2. The van der Waals surface area contributed by atoms with E-state index in [1.54, 1.807) is 24.3 Å². The van der Waals surface area contributed by atoms with Gasteiger partial charge in [0.25, 0.3) is 5.91 Å². The molecule has 0 saturated carbocycles. The minimum absolute atomic E-state index is 0. The summed E-state index contributed by atoms with van der Waals surface area (Å²) in [7, 11) is 0. The van der Waals surface area contributed by atoms with Crippen molar-refractivity contribution in [2.45, 2.75) is 31.8 Å². The molecule has 1 fully saturated rings. The molecule has 2 aliphatic rings. The molecule has 1 atom stereocenters. The Balaban J connectivity index is 0.00000353. The van der Waals surface area contributed by atoms with Gasteiger partial charge in [-0.25, -0.2) is 0 Å². The standard InChI is InChI=1S/C31H30ClN3O3.ClH/c32-23-14-10-21(11-15-23)25(22-12-16-24(17-13-22)35-18-2-1-3-19-35)6-4-9-30(37)33-27-7-5-8-28-26(27)20-29(36)31(38)34-28;/h4-17,29,36H,1-3,18-20H2,(H,33,37)(H,34,38);1H/b9-4+,25-6+;. The molecule has 0 spiro atoms. The van der Waals surface area contributed by atoms with Crippen molar-refractivity contribution in [1.29, 1.82) is 0 Å². The highest BCUT2D eigenvalue weighted by Gasteiger charge is 2.26. The molecule has 0 radical (unpaired) electrons. The van der Waals surface area contributed by atoms with Crippen molar-refractivity contribution in [3.05, 3.63) is 107 Å². The number of fused-ring (bicyclic) bond motifs is 1. The lowest BCUT2D eigenvalue weighted by atomic mass is 9.97. The van der Waals surface area contributed by atoms with E-state index in [1.807, 2.05) is 30.3 Å². The number of benzene rings is 3. The van der Waals surface area contributed by atoms with Gasteiger partial charge in [-0.05, 0) is 72.4 Å². The van der Waals surface area contributed by atoms with Crippen LogP contribution in [0.4, 0.5) is 17.1 Å². The number of carbonyl (C=O) groups excluding carboxylic acids is 2. The van der Waals surface area contributed by atoms with Gasteiger partial charge in [0.1, 0.15) is 6.10 Å². The Bertz CT molecular complexity index is 1380. The lowest BCUT2D eigenvalue weighted by Gasteiger charge is -2.29. The van der Waals surface area contributed by atoms with Crippen molar-refractivity contribution < 1.29 is 14.7 Å². The van der Waals surface area contributed by atoms with Gasteiger partial charge < -0.3 is 20.6 Å². The van der Waals surface area contributed by atoms with Crippen LogP contribution in [0.1, 0.15) is 36.0 Å². The van der Waals surface area contributed by atoms with E-state index in [0.717, 1.165) is 29.8 Å². The maximum absolute atomic E-state index is 12.8. The number of piperidine rings is 1. The fourth-order valence-corrected chi connectivity index (χ4v) is 5.07. The van der Waals surface area contributed by atoms with Gasteiger partial charge in [-0.15, -0.1) is 12.4 Å². The summed E-state index contributed by atoms with van der Waals surface area (Å²) in [6, 6.07) is 21.5. The summed E-state index contributed by atoms with van der Waals surface area (Å²) in [6.45, 7) is 2.18. The number of allylic oxidation sites excluding steroid dienone is 2. The molecule has 202 valence electrons. The Labute approximate surface area is 239 Å². The van der Waals surface area contributed by atoms with Crippen LogP contribution in [0, 0.1) is 0 Å². The molecule has 0 aromatic heterocycles. The van der Waals surface area contributed by atoms with Crippen LogP contribution in [0.2, 0.25) is 5.02 Å². The van der Waals surface area contributed by atoms with Gasteiger partial charge in [-0.2, -0.15) is 0 Å². The molecule has 39 heavy (non-hydrogen) atoms. The number of halogens is 2. The molecule has 0 bridgehead atoms. The molecule has 8 heteroatoms. The van der Waals surface area contributed by atoms with Crippen molar-refractivity contribution in [2.75, 3.05) is 28.6 Å². The second-order valence-electron chi connectivity index (χ2n) is 9.57. The van der Waals surface area contributed by atoms with E-state index in [9.17, 15) is 14.7 Å². The van der Waals surface area contributed by atoms with Gasteiger partial charge in [-0.1, -0.05) is 54.1 Å². The number of carbonyl (C=O) groups is 2. The van der Waals surface area contributed by atoms with Crippen LogP contribution in [-0.2, 0) is 16.0 Å². The summed E-state index contributed by atoms with van der Waals surface area (Å²) in [5.41, 5.74) is 6.09. The molecule has 6 nitrogen and oxygen atoms in total. The zero-order valence-corrected chi connectivity index (χ0v) is 23.0. The van der Waals surface area contributed by atoms with Gasteiger partial charge in [0.2, 0.25) is 5.91 Å². The number of rotatable bonds is 6. The molecule has 1 saturated heterocycles. The molecule has 0 aliphatic carbocycles. The molecule has 1 unspecified atom stereocenters. The van der Waals surface area contributed by atoms with E-state index in [4.69, 9.17) is 11.6 Å². The number of nitrogens with zero attached hydrogens (tertiary/aromatic N) is 1. The fraction of sp³-hybridized carbons (Fsp3) is 0.226. The fourth-order valence-electron chi connectivity index (χ4n) is 4.94. The molecule has 2 aliphatic heterocycles. The van der Waals surface area contributed by atoms with E-state index in [1.165, 1.54) is 31.0 Å². The van der Waals surface area contributed by atoms with E-state index in [-0.39, 0.29) is 24.7 Å². The van der Waals surface area contributed by atoms with Crippen molar-refractivity contribution in [3.8, 4) is 0 Å². The van der Waals surface area contributed by atoms with Crippen molar-refractivity contribution in [2.24, 2.45) is 0 Å². The van der Waals surface area contributed by atoms with Gasteiger partial charge in [0.05, 0.1) is 0 Å². The number of hydrogen-bond acceptors (Lipinski definition) is 4. The first-order valence-corrected chi connectivity index (χ1v) is 13.3. The first-order chi connectivity index (χ1) is 18.5. The third-order valence-corrected chi connectivity index (χ3v) is 7.21. The van der Waals surface area contributed by atoms with Crippen LogP contribution in [-0.4, -0.2) is 36.1 Å². The maximum Gasteiger partial charge on any atom is 0.253 e. The van der Waals surface area contributed by atoms with Crippen LogP contribution >= 0.6 is 24.0 Å². The lowest BCUT2D eigenvalue weighted by molar-refractivity contribution is -0.124. The minimum atomic E-state index is -1.14. The second kappa shape index (κ2) is 13.0. The number of hydrogen-bond donors (Lipinski definition) is 3. The Hall–Kier alpha value is -3.58.